The Labute approximate surface area is 143 Å². The van der Waals surface area contributed by atoms with Crippen molar-refractivity contribution in [1.29, 1.82) is 0 Å². The summed E-state index contributed by atoms with van der Waals surface area (Å²) in [6.07, 6.45) is 4.91. The maximum atomic E-state index is 12.5. The van der Waals surface area contributed by atoms with Gasteiger partial charge in [-0.3, -0.25) is 9.69 Å². The predicted octanol–water partition coefficient (Wildman–Crippen LogP) is 2.69. The SMILES string of the molecule is CC(C)CCCN1CCN(CC(=O)N2CCC(C)(C)CC2)CC1. The third-order valence-electron chi connectivity index (χ3n) is 5.55. The van der Waals surface area contributed by atoms with E-state index in [9.17, 15) is 4.79 Å². The minimum Gasteiger partial charge on any atom is -0.342 e. The molecule has 0 bridgehead atoms. The maximum Gasteiger partial charge on any atom is 0.236 e. The largest absolute Gasteiger partial charge is 0.342 e. The molecule has 0 N–H and O–H groups in total. The van der Waals surface area contributed by atoms with Crippen LogP contribution in [-0.4, -0.2) is 73.0 Å². The first-order valence-electron chi connectivity index (χ1n) is 9.58. The van der Waals surface area contributed by atoms with Crippen LogP contribution in [0.2, 0.25) is 0 Å². The quantitative estimate of drug-likeness (QED) is 0.752. The standard InChI is InChI=1S/C19H37N3O/c1-17(2)6-5-9-20-12-14-21(15-13-20)16-18(23)22-10-7-19(3,4)8-11-22/h17H,5-16H2,1-4H3. The van der Waals surface area contributed by atoms with Crippen molar-refractivity contribution < 1.29 is 4.79 Å². The first-order valence-corrected chi connectivity index (χ1v) is 9.58. The first-order chi connectivity index (χ1) is 10.9. The summed E-state index contributed by atoms with van der Waals surface area (Å²) in [6.45, 7) is 17.3. The Balaban J connectivity index is 1.63. The molecule has 2 fully saturated rings. The monoisotopic (exact) mass is 323 g/mol. The summed E-state index contributed by atoms with van der Waals surface area (Å²) in [6, 6.07) is 0. The lowest BCUT2D eigenvalue weighted by Crippen LogP contribution is -2.51. The Morgan fingerprint density at radius 1 is 0.957 bits per heavy atom. The average Bonchev–Trinajstić information content (AvgIpc) is 2.48. The van der Waals surface area contributed by atoms with Crippen LogP contribution < -0.4 is 0 Å². The molecule has 2 rings (SSSR count). The molecule has 0 atom stereocenters. The summed E-state index contributed by atoms with van der Waals surface area (Å²) >= 11 is 0. The fourth-order valence-corrected chi connectivity index (χ4v) is 3.55. The van der Waals surface area contributed by atoms with Gasteiger partial charge in [-0.15, -0.1) is 0 Å². The fraction of sp³-hybridized carbons (Fsp3) is 0.947. The molecular formula is C19H37N3O. The number of carbonyl (C=O) groups excluding carboxylic acids is 1. The Morgan fingerprint density at radius 3 is 2.09 bits per heavy atom. The van der Waals surface area contributed by atoms with Gasteiger partial charge < -0.3 is 9.80 Å². The van der Waals surface area contributed by atoms with E-state index in [1.807, 2.05) is 0 Å². The van der Waals surface area contributed by atoms with Crippen LogP contribution in [-0.2, 0) is 4.79 Å². The Hall–Kier alpha value is -0.610. The average molecular weight is 324 g/mol. The number of rotatable bonds is 6. The van der Waals surface area contributed by atoms with Crippen molar-refractivity contribution in [3.8, 4) is 0 Å². The fourth-order valence-electron chi connectivity index (χ4n) is 3.55. The van der Waals surface area contributed by atoms with Gasteiger partial charge in [0.05, 0.1) is 6.54 Å². The number of hydrogen-bond acceptors (Lipinski definition) is 3. The molecule has 0 aromatic rings. The van der Waals surface area contributed by atoms with Gasteiger partial charge in [0, 0.05) is 39.3 Å². The Bertz CT molecular complexity index is 363. The molecule has 1 amide bonds. The first kappa shape index (κ1) is 18.7. The van der Waals surface area contributed by atoms with Gasteiger partial charge in [-0.05, 0) is 43.6 Å². The van der Waals surface area contributed by atoms with Crippen molar-refractivity contribution in [1.82, 2.24) is 14.7 Å². The zero-order valence-corrected chi connectivity index (χ0v) is 15.8. The zero-order chi connectivity index (χ0) is 16.9. The summed E-state index contributed by atoms with van der Waals surface area (Å²) in [5, 5.41) is 0. The van der Waals surface area contributed by atoms with Crippen LogP contribution in [0.3, 0.4) is 0 Å². The van der Waals surface area contributed by atoms with Crippen LogP contribution in [0.15, 0.2) is 0 Å². The van der Waals surface area contributed by atoms with Crippen LogP contribution >= 0.6 is 0 Å². The molecule has 0 spiro atoms. The lowest BCUT2D eigenvalue weighted by atomic mass is 9.83. The molecule has 0 saturated carbocycles. The van der Waals surface area contributed by atoms with Gasteiger partial charge in [0.15, 0.2) is 0 Å². The molecule has 2 saturated heterocycles. The molecule has 0 radical (unpaired) electrons. The van der Waals surface area contributed by atoms with E-state index in [0.717, 1.165) is 58.0 Å². The molecule has 4 heteroatoms. The van der Waals surface area contributed by atoms with Crippen LogP contribution in [0.1, 0.15) is 53.4 Å². The van der Waals surface area contributed by atoms with E-state index < -0.39 is 0 Å². The topological polar surface area (TPSA) is 26.8 Å². The molecule has 2 heterocycles. The molecule has 4 nitrogen and oxygen atoms in total. The number of amides is 1. The number of piperidine rings is 1. The van der Waals surface area contributed by atoms with Crippen LogP contribution in [0, 0.1) is 11.3 Å². The normalized spacial score (nSPS) is 23.4. The Kier molecular flexibility index (Phi) is 6.90. The van der Waals surface area contributed by atoms with Gasteiger partial charge in [0.1, 0.15) is 0 Å². The third kappa shape index (κ3) is 6.42. The van der Waals surface area contributed by atoms with Crippen molar-refractivity contribution in [2.45, 2.75) is 53.4 Å². The van der Waals surface area contributed by atoms with E-state index in [1.165, 1.54) is 19.4 Å². The van der Waals surface area contributed by atoms with Gasteiger partial charge in [0.25, 0.3) is 0 Å². The zero-order valence-electron chi connectivity index (χ0n) is 15.8. The second-order valence-electron chi connectivity index (χ2n) is 8.70. The molecule has 0 aliphatic carbocycles. The highest BCUT2D eigenvalue weighted by Gasteiger charge is 2.29. The number of likely N-dealkylation sites (tertiary alicyclic amines) is 1. The van der Waals surface area contributed by atoms with E-state index in [0.29, 0.717) is 17.9 Å². The molecule has 0 unspecified atom stereocenters. The van der Waals surface area contributed by atoms with Crippen molar-refractivity contribution in [3.63, 3.8) is 0 Å². The van der Waals surface area contributed by atoms with E-state index in [2.05, 4.69) is 42.4 Å². The minimum absolute atomic E-state index is 0.341. The van der Waals surface area contributed by atoms with E-state index in [4.69, 9.17) is 0 Å². The van der Waals surface area contributed by atoms with Gasteiger partial charge in [-0.1, -0.05) is 27.7 Å². The molecule has 0 aromatic heterocycles. The lowest BCUT2D eigenvalue weighted by molar-refractivity contribution is -0.134. The van der Waals surface area contributed by atoms with Gasteiger partial charge >= 0.3 is 0 Å². The molecule has 0 aromatic carbocycles. The highest BCUT2D eigenvalue weighted by atomic mass is 16.2. The van der Waals surface area contributed by atoms with Crippen molar-refractivity contribution in [3.05, 3.63) is 0 Å². The highest BCUT2D eigenvalue weighted by Crippen LogP contribution is 2.29. The summed E-state index contributed by atoms with van der Waals surface area (Å²) in [5.74, 6) is 1.15. The van der Waals surface area contributed by atoms with Crippen molar-refractivity contribution in [2.75, 3.05) is 52.4 Å². The third-order valence-corrected chi connectivity index (χ3v) is 5.55. The molecule has 23 heavy (non-hydrogen) atoms. The smallest absolute Gasteiger partial charge is 0.236 e. The molecule has 2 aliphatic rings. The number of nitrogens with zero attached hydrogens (tertiary/aromatic N) is 3. The summed E-state index contributed by atoms with van der Waals surface area (Å²) in [7, 11) is 0. The van der Waals surface area contributed by atoms with E-state index in [-0.39, 0.29) is 0 Å². The lowest BCUT2D eigenvalue weighted by Gasteiger charge is -2.39. The molecule has 2 aliphatic heterocycles. The summed E-state index contributed by atoms with van der Waals surface area (Å²) in [5.41, 5.74) is 0.415. The highest BCUT2D eigenvalue weighted by molar-refractivity contribution is 5.78. The molecular weight excluding hydrogens is 286 g/mol. The predicted molar refractivity (Wildman–Crippen MR) is 96.5 cm³/mol. The van der Waals surface area contributed by atoms with E-state index >= 15 is 0 Å². The van der Waals surface area contributed by atoms with E-state index in [1.54, 1.807) is 0 Å². The number of hydrogen-bond donors (Lipinski definition) is 0. The summed E-state index contributed by atoms with van der Waals surface area (Å²) < 4.78 is 0. The van der Waals surface area contributed by atoms with Crippen LogP contribution in [0.4, 0.5) is 0 Å². The Morgan fingerprint density at radius 2 is 1.52 bits per heavy atom. The molecule has 134 valence electrons. The van der Waals surface area contributed by atoms with Crippen LogP contribution in [0.25, 0.3) is 0 Å². The van der Waals surface area contributed by atoms with Crippen molar-refractivity contribution in [2.24, 2.45) is 11.3 Å². The van der Waals surface area contributed by atoms with Gasteiger partial charge in [0.2, 0.25) is 5.91 Å². The number of piperazine rings is 1. The second kappa shape index (κ2) is 8.48. The maximum absolute atomic E-state index is 12.5. The second-order valence-corrected chi connectivity index (χ2v) is 8.70. The van der Waals surface area contributed by atoms with Gasteiger partial charge in [-0.25, -0.2) is 0 Å². The summed E-state index contributed by atoms with van der Waals surface area (Å²) in [4.78, 5) is 19.5. The number of carbonyl (C=O) groups is 1. The minimum atomic E-state index is 0.341. The van der Waals surface area contributed by atoms with Crippen LogP contribution in [0.5, 0.6) is 0 Å². The van der Waals surface area contributed by atoms with Crippen molar-refractivity contribution >= 4 is 5.91 Å². The van der Waals surface area contributed by atoms with Gasteiger partial charge in [-0.2, -0.15) is 0 Å².